The predicted molar refractivity (Wildman–Crippen MR) is 63.4 cm³/mol. The van der Waals surface area contributed by atoms with Crippen LogP contribution in [-0.2, 0) is 0 Å². The fraction of sp³-hybridized carbons (Fsp3) is 0.364. The van der Waals surface area contributed by atoms with Gasteiger partial charge < -0.3 is 10.2 Å². The fourth-order valence-corrected chi connectivity index (χ4v) is 1.41. The molecule has 82 valence electrons. The largest absolute Gasteiger partial charge is 0.328 e. The Morgan fingerprint density at radius 2 is 2.27 bits per heavy atom. The maximum Gasteiger partial charge on any atom is 0.321 e. The third-order valence-corrected chi connectivity index (χ3v) is 2.22. The number of halogens is 1. The van der Waals surface area contributed by atoms with Gasteiger partial charge in [-0.2, -0.15) is 0 Å². The zero-order chi connectivity index (χ0) is 11.3. The number of benzene rings is 1. The van der Waals surface area contributed by atoms with E-state index in [9.17, 15) is 4.79 Å². The molecular formula is C11H15ClN2O. The number of hydrogen-bond donors (Lipinski definition) is 1. The summed E-state index contributed by atoms with van der Waals surface area (Å²) in [6.45, 7) is 2.77. The summed E-state index contributed by atoms with van der Waals surface area (Å²) >= 11 is 5.80. The number of nitrogens with one attached hydrogen (secondary N) is 1. The fourth-order valence-electron chi connectivity index (χ4n) is 1.22. The van der Waals surface area contributed by atoms with Gasteiger partial charge in [0.05, 0.1) is 0 Å². The summed E-state index contributed by atoms with van der Waals surface area (Å²) in [6, 6.07) is 6.99. The molecule has 0 radical (unpaired) electrons. The van der Waals surface area contributed by atoms with Crippen molar-refractivity contribution < 1.29 is 4.79 Å². The molecule has 0 atom stereocenters. The summed E-state index contributed by atoms with van der Waals surface area (Å²) in [5.41, 5.74) is 0.718. The zero-order valence-electron chi connectivity index (χ0n) is 8.96. The zero-order valence-corrected chi connectivity index (χ0v) is 9.71. The van der Waals surface area contributed by atoms with Crippen LogP contribution in [0.5, 0.6) is 0 Å². The van der Waals surface area contributed by atoms with Gasteiger partial charge in [0.2, 0.25) is 0 Å². The molecule has 0 aliphatic rings. The summed E-state index contributed by atoms with van der Waals surface area (Å²) < 4.78 is 0. The first-order valence-corrected chi connectivity index (χ1v) is 5.29. The first-order valence-electron chi connectivity index (χ1n) is 4.91. The van der Waals surface area contributed by atoms with E-state index in [1.165, 1.54) is 0 Å². The second-order valence-electron chi connectivity index (χ2n) is 3.36. The second-order valence-corrected chi connectivity index (χ2v) is 3.80. The van der Waals surface area contributed by atoms with Crippen LogP contribution in [0.3, 0.4) is 0 Å². The molecule has 0 saturated heterocycles. The van der Waals surface area contributed by atoms with E-state index in [4.69, 9.17) is 11.6 Å². The Labute approximate surface area is 95.0 Å². The molecule has 1 aromatic rings. The van der Waals surface area contributed by atoms with Crippen molar-refractivity contribution in [3.8, 4) is 0 Å². The number of nitrogens with zero attached hydrogens (tertiary/aromatic N) is 1. The van der Waals surface area contributed by atoms with Gasteiger partial charge in [0.25, 0.3) is 0 Å². The average Bonchev–Trinajstić information content (AvgIpc) is 2.18. The molecule has 1 N–H and O–H groups in total. The highest BCUT2D eigenvalue weighted by molar-refractivity contribution is 6.30. The Kier molecular flexibility index (Phi) is 4.43. The van der Waals surface area contributed by atoms with Crippen molar-refractivity contribution >= 4 is 23.3 Å². The minimum atomic E-state index is -0.112. The number of carbonyl (C=O) groups is 1. The van der Waals surface area contributed by atoms with Crippen molar-refractivity contribution in [2.24, 2.45) is 0 Å². The van der Waals surface area contributed by atoms with E-state index in [0.29, 0.717) is 5.02 Å². The number of rotatable bonds is 3. The lowest BCUT2D eigenvalue weighted by Gasteiger charge is -2.16. The summed E-state index contributed by atoms with van der Waals surface area (Å²) in [5, 5.41) is 3.39. The lowest BCUT2D eigenvalue weighted by molar-refractivity contribution is 0.222. The minimum Gasteiger partial charge on any atom is -0.328 e. The van der Waals surface area contributed by atoms with Gasteiger partial charge in [-0.15, -0.1) is 0 Å². The SMILES string of the molecule is CCCN(C)C(=O)Nc1cccc(Cl)c1. The van der Waals surface area contributed by atoms with Gasteiger partial charge in [0, 0.05) is 24.3 Å². The summed E-state index contributed by atoms with van der Waals surface area (Å²) in [4.78, 5) is 13.2. The van der Waals surface area contributed by atoms with E-state index in [1.54, 1.807) is 30.1 Å². The molecule has 3 nitrogen and oxygen atoms in total. The average molecular weight is 227 g/mol. The van der Waals surface area contributed by atoms with Gasteiger partial charge >= 0.3 is 6.03 Å². The maximum atomic E-state index is 11.6. The van der Waals surface area contributed by atoms with Gasteiger partial charge in [-0.05, 0) is 24.6 Å². The van der Waals surface area contributed by atoms with Crippen LogP contribution in [0, 0.1) is 0 Å². The summed E-state index contributed by atoms with van der Waals surface area (Å²) in [7, 11) is 1.77. The number of amides is 2. The second kappa shape index (κ2) is 5.61. The number of urea groups is 1. The predicted octanol–water partition coefficient (Wildman–Crippen LogP) is 3.21. The highest BCUT2D eigenvalue weighted by Crippen LogP contribution is 2.15. The van der Waals surface area contributed by atoms with Gasteiger partial charge in [-0.3, -0.25) is 0 Å². The third kappa shape index (κ3) is 3.80. The molecule has 15 heavy (non-hydrogen) atoms. The van der Waals surface area contributed by atoms with Crippen LogP contribution in [0.4, 0.5) is 10.5 Å². The normalized spacial score (nSPS) is 9.80. The van der Waals surface area contributed by atoms with E-state index in [-0.39, 0.29) is 6.03 Å². The highest BCUT2D eigenvalue weighted by Gasteiger charge is 2.06. The molecule has 0 bridgehead atoms. The molecule has 0 heterocycles. The minimum absolute atomic E-state index is 0.112. The van der Waals surface area contributed by atoms with Crippen molar-refractivity contribution in [3.05, 3.63) is 29.3 Å². The molecule has 0 saturated carbocycles. The first-order chi connectivity index (χ1) is 7.13. The Bertz CT molecular complexity index is 341. The van der Waals surface area contributed by atoms with Crippen LogP contribution in [0.1, 0.15) is 13.3 Å². The maximum absolute atomic E-state index is 11.6. The summed E-state index contributed by atoms with van der Waals surface area (Å²) in [5.74, 6) is 0. The van der Waals surface area contributed by atoms with E-state index < -0.39 is 0 Å². The van der Waals surface area contributed by atoms with Crippen LogP contribution < -0.4 is 5.32 Å². The van der Waals surface area contributed by atoms with Crippen molar-refractivity contribution in [3.63, 3.8) is 0 Å². The van der Waals surface area contributed by atoms with E-state index in [1.807, 2.05) is 13.0 Å². The molecule has 4 heteroatoms. The van der Waals surface area contributed by atoms with E-state index >= 15 is 0 Å². The van der Waals surface area contributed by atoms with Crippen LogP contribution in [0.15, 0.2) is 24.3 Å². The van der Waals surface area contributed by atoms with Gasteiger partial charge in [0.1, 0.15) is 0 Å². The summed E-state index contributed by atoms with van der Waals surface area (Å²) in [6.07, 6.45) is 0.944. The molecule has 2 amide bonds. The third-order valence-electron chi connectivity index (χ3n) is 1.98. The lowest BCUT2D eigenvalue weighted by Crippen LogP contribution is -2.31. The molecule has 0 aromatic heterocycles. The molecule has 0 fully saturated rings. The van der Waals surface area contributed by atoms with Crippen LogP contribution in [0.2, 0.25) is 5.02 Å². The van der Waals surface area contributed by atoms with Gasteiger partial charge in [-0.1, -0.05) is 24.6 Å². The molecule has 0 aliphatic heterocycles. The van der Waals surface area contributed by atoms with Crippen LogP contribution >= 0.6 is 11.6 Å². The monoisotopic (exact) mass is 226 g/mol. The van der Waals surface area contributed by atoms with Crippen molar-refractivity contribution in [1.29, 1.82) is 0 Å². The van der Waals surface area contributed by atoms with Crippen molar-refractivity contribution in [2.75, 3.05) is 18.9 Å². The van der Waals surface area contributed by atoms with E-state index in [0.717, 1.165) is 18.7 Å². The Morgan fingerprint density at radius 3 is 2.87 bits per heavy atom. The van der Waals surface area contributed by atoms with Crippen LogP contribution in [-0.4, -0.2) is 24.5 Å². The Hall–Kier alpha value is -1.22. The van der Waals surface area contributed by atoms with Crippen LogP contribution in [0.25, 0.3) is 0 Å². The van der Waals surface area contributed by atoms with Crippen molar-refractivity contribution in [1.82, 2.24) is 4.90 Å². The van der Waals surface area contributed by atoms with E-state index in [2.05, 4.69) is 5.32 Å². The van der Waals surface area contributed by atoms with Crippen molar-refractivity contribution in [2.45, 2.75) is 13.3 Å². The molecular weight excluding hydrogens is 212 g/mol. The lowest BCUT2D eigenvalue weighted by atomic mass is 10.3. The smallest absolute Gasteiger partial charge is 0.321 e. The highest BCUT2D eigenvalue weighted by atomic mass is 35.5. The topological polar surface area (TPSA) is 32.3 Å². The number of hydrogen-bond acceptors (Lipinski definition) is 1. The quantitative estimate of drug-likeness (QED) is 0.844. The van der Waals surface area contributed by atoms with Gasteiger partial charge in [0.15, 0.2) is 0 Å². The molecule has 0 spiro atoms. The molecule has 1 rings (SSSR count). The first kappa shape index (κ1) is 11.9. The van der Waals surface area contributed by atoms with Gasteiger partial charge in [-0.25, -0.2) is 4.79 Å². The Morgan fingerprint density at radius 1 is 1.53 bits per heavy atom. The molecule has 0 unspecified atom stereocenters. The molecule has 1 aromatic carbocycles. The number of carbonyl (C=O) groups excluding carboxylic acids is 1. The standard InChI is InChI=1S/C11H15ClN2O/c1-3-7-14(2)11(15)13-10-6-4-5-9(12)8-10/h4-6,8H,3,7H2,1-2H3,(H,13,15). The Balaban J connectivity index is 2.58. The molecule has 0 aliphatic carbocycles. The number of anilines is 1.